The molecule has 5 heteroatoms. The van der Waals surface area contributed by atoms with Crippen molar-refractivity contribution in [2.75, 3.05) is 5.32 Å². The molecule has 0 aliphatic rings. The molecule has 5 nitrogen and oxygen atoms in total. The number of carbonyl (C=O) groups excluding carboxylic acids is 2. The minimum Gasteiger partial charge on any atom is -0.351 e. The SMILES string of the molecule is C=CC(=O)Nc1ccccc1CNC(=O)CC#N. The number of hydrogen-bond acceptors (Lipinski definition) is 3. The lowest BCUT2D eigenvalue weighted by molar-refractivity contribution is -0.120. The van der Waals surface area contributed by atoms with Crippen molar-refractivity contribution in [3.8, 4) is 6.07 Å². The first-order valence-electron chi connectivity index (χ1n) is 5.32. The van der Waals surface area contributed by atoms with Gasteiger partial charge in [-0.25, -0.2) is 0 Å². The number of nitrogens with one attached hydrogen (secondary N) is 2. The van der Waals surface area contributed by atoms with Crippen LogP contribution in [0.2, 0.25) is 0 Å². The molecule has 0 saturated heterocycles. The van der Waals surface area contributed by atoms with Crippen molar-refractivity contribution in [3.05, 3.63) is 42.5 Å². The van der Waals surface area contributed by atoms with Gasteiger partial charge in [0, 0.05) is 12.2 Å². The van der Waals surface area contributed by atoms with E-state index < -0.39 is 0 Å². The molecule has 0 aliphatic carbocycles. The third-order valence-electron chi connectivity index (χ3n) is 2.18. The van der Waals surface area contributed by atoms with E-state index in [1.54, 1.807) is 30.3 Å². The van der Waals surface area contributed by atoms with Crippen molar-refractivity contribution < 1.29 is 9.59 Å². The van der Waals surface area contributed by atoms with Crippen LogP contribution in [-0.2, 0) is 16.1 Å². The van der Waals surface area contributed by atoms with Crippen LogP contribution >= 0.6 is 0 Å². The van der Waals surface area contributed by atoms with Crippen molar-refractivity contribution in [2.45, 2.75) is 13.0 Å². The fraction of sp³-hybridized carbons (Fsp3) is 0.154. The Bertz CT molecular complexity index is 503. The molecule has 1 aromatic carbocycles. The number of hydrogen-bond donors (Lipinski definition) is 2. The van der Waals surface area contributed by atoms with Gasteiger partial charge in [-0.3, -0.25) is 9.59 Å². The number of para-hydroxylation sites is 1. The Morgan fingerprint density at radius 1 is 1.39 bits per heavy atom. The molecule has 18 heavy (non-hydrogen) atoms. The molecule has 92 valence electrons. The highest BCUT2D eigenvalue weighted by Gasteiger charge is 2.05. The summed E-state index contributed by atoms with van der Waals surface area (Å²) in [5.41, 5.74) is 1.37. The van der Waals surface area contributed by atoms with Gasteiger partial charge in [0.1, 0.15) is 6.42 Å². The summed E-state index contributed by atoms with van der Waals surface area (Å²) < 4.78 is 0. The highest BCUT2D eigenvalue weighted by molar-refractivity contribution is 5.99. The molecular formula is C13H13N3O2. The van der Waals surface area contributed by atoms with Crippen molar-refractivity contribution in [1.29, 1.82) is 5.26 Å². The highest BCUT2D eigenvalue weighted by Crippen LogP contribution is 2.14. The Morgan fingerprint density at radius 3 is 2.78 bits per heavy atom. The van der Waals surface area contributed by atoms with Crippen LogP contribution in [0.5, 0.6) is 0 Å². The van der Waals surface area contributed by atoms with E-state index >= 15 is 0 Å². The number of nitrogens with zero attached hydrogens (tertiary/aromatic N) is 1. The van der Waals surface area contributed by atoms with Crippen LogP contribution in [0.1, 0.15) is 12.0 Å². The third-order valence-corrected chi connectivity index (χ3v) is 2.18. The fourth-order valence-corrected chi connectivity index (χ4v) is 1.31. The Balaban J connectivity index is 2.70. The van der Waals surface area contributed by atoms with Gasteiger partial charge in [0.15, 0.2) is 0 Å². The summed E-state index contributed by atoms with van der Waals surface area (Å²) in [7, 11) is 0. The van der Waals surface area contributed by atoms with Crippen LogP contribution < -0.4 is 10.6 Å². The number of nitriles is 1. The largest absolute Gasteiger partial charge is 0.351 e. The highest BCUT2D eigenvalue weighted by atomic mass is 16.2. The van der Waals surface area contributed by atoms with E-state index in [2.05, 4.69) is 17.2 Å². The van der Waals surface area contributed by atoms with Crippen molar-refractivity contribution in [1.82, 2.24) is 5.32 Å². The first-order chi connectivity index (χ1) is 8.67. The van der Waals surface area contributed by atoms with E-state index in [1.165, 1.54) is 6.08 Å². The van der Waals surface area contributed by atoms with E-state index in [9.17, 15) is 9.59 Å². The zero-order valence-corrected chi connectivity index (χ0v) is 9.77. The molecule has 0 heterocycles. The monoisotopic (exact) mass is 243 g/mol. The number of anilines is 1. The lowest BCUT2D eigenvalue weighted by Gasteiger charge is -2.10. The molecule has 0 atom stereocenters. The Kier molecular flexibility index (Phi) is 5.13. The smallest absolute Gasteiger partial charge is 0.247 e. The van der Waals surface area contributed by atoms with Gasteiger partial charge in [0.05, 0.1) is 6.07 Å². The summed E-state index contributed by atoms with van der Waals surface area (Å²) in [5, 5.41) is 13.6. The standard InChI is InChI=1S/C13H13N3O2/c1-2-12(17)16-11-6-4-3-5-10(11)9-15-13(18)7-8-14/h2-6H,1,7,9H2,(H,15,18)(H,16,17). The van der Waals surface area contributed by atoms with Crippen LogP contribution in [0.4, 0.5) is 5.69 Å². The Morgan fingerprint density at radius 2 is 2.11 bits per heavy atom. The van der Waals surface area contributed by atoms with Crippen LogP contribution in [0.15, 0.2) is 36.9 Å². The predicted molar refractivity (Wildman–Crippen MR) is 67.3 cm³/mol. The second-order valence-electron chi connectivity index (χ2n) is 3.46. The first-order valence-corrected chi connectivity index (χ1v) is 5.32. The van der Waals surface area contributed by atoms with E-state index in [4.69, 9.17) is 5.26 Å². The van der Waals surface area contributed by atoms with E-state index in [0.29, 0.717) is 5.69 Å². The molecule has 0 fully saturated rings. The minimum absolute atomic E-state index is 0.179. The van der Waals surface area contributed by atoms with E-state index in [-0.39, 0.29) is 24.8 Å². The second kappa shape index (κ2) is 6.86. The quantitative estimate of drug-likeness (QED) is 0.765. The average molecular weight is 243 g/mol. The van der Waals surface area contributed by atoms with Crippen molar-refractivity contribution in [2.24, 2.45) is 0 Å². The molecule has 2 amide bonds. The maximum Gasteiger partial charge on any atom is 0.247 e. The van der Waals surface area contributed by atoms with Crippen LogP contribution in [0.3, 0.4) is 0 Å². The molecule has 0 radical (unpaired) electrons. The van der Waals surface area contributed by atoms with Gasteiger partial charge in [-0.05, 0) is 17.7 Å². The Labute approximate surface area is 105 Å². The molecule has 0 spiro atoms. The zero-order valence-electron chi connectivity index (χ0n) is 9.77. The topological polar surface area (TPSA) is 82.0 Å². The van der Waals surface area contributed by atoms with Gasteiger partial charge in [-0.1, -0.05) is 24.8 Å². The van der Waals surface area contributed by atoms with Crippen LogP contribution in [0, 0.1) is 11.3 Å². The van der Waals surface area contributed by atoms with Gasteiger partial charge >= 0.3 is 0 Å². The normalized spacial score (nSPS) is 9.06. The van der Waals surface area contributed by atoms with Gasteiger partial charge in [-0.15, -0.1) is 0 Å². The van der Waals surface area contributed by atoms with Gasteiger partial charge in [0.25, 0.3) is 0 Å². The first kappa shape index (κ1) is 13.5. The van der Waals surface area contributed by atoms with E-state index in [0.717, 1.165) is 5.56 Å². The number of benzene rings is 1. The number of rotatable bonds is 5. The summed E-state index contributed by atoms with van der Waals surface area (Å²) in [6, 6.07) is 8.86. The lowest BCUT2D eigenvalue weighted by atomic mass is 10.1. The third kappa shape index (κ3) is 4.10. The number of carbonyl (C=O) groups is 2. The lowest BCUT2D eigenvalue weighted by Crippen LogP contribution is -2.22. The average Bonchev–Trinajstić information content (AvgIpc) is 2.38. The van der Waals surface area contributed by atoms with Crippen molar-refractivity contribution in [3.63, 3.8) is 0 Å². The second-order valence-corrected chi connectivity index (χ2v) is 3.46. The van der Waals surface area contributed by atoms with Crippen LogP contribution in [0.25, 0.3) is 0 Å². The van der Waals surface area contributed by atoms with Crippen molar-refractivity contribution >= 4 is 17.5 Å². The fourth-order valence-electron chi connectivity index (χ4n) is 1.31. The van der Waals surface area contributed by atoms with Gasteiger partial charge < -0.3 is 10.6 Å². The molecule has 2 N–H and O–H groups in total. The predicted octanol–water partition coefficient (Wildman–Crippen LogP) is 1.34. The molecule has 0 aromatic heterocycles. The number of amides is 2. The molecular weight excluding hydrogens is 230 g/mol. The van der Waals surface area contributed by atoms with Gasteiger partial charge in [-0.2, -0.15) is 5.26 Å². The van der Waals surface area contributed by atoms with Crippen LogP contribution in [-0.4, -0.2) is 11.8 Å². The van der Waals surface area contributed by atoms with Gasteiger partial charge in [0.2, 0.25) is 11.8 Å². The summed E-state index contributed by atoms with van der Waals surface area (Å²) >= 11 is 0. The summed E-state index contributed by atoms with van der Waals surface area (Å²) in [4.78, 5) is 22.4. The van der Waals surface area contributed by atoms with E-state index in [1.807, 2.05) is 0 Å². The summed E-state index contributed by atoms with van der Waals surface area (Å²) in [6.45, 7) is 3.63. The molecule has 1 rings (SSSR count). The Hall–Kier alpha value is -2.61. The molecule has 0 aliphatic heterocycles. The molecule has 1 aromatic rings. The summed E-state index contributed by atoms with van der Waals surface area (Å²) in [5.74, 6) is -0.659. The molecule has 0 saturated carbocycles. The minimum atomic E-state index is -0.345. The molecule has 0 unspecified atom stereocenters. The zero-order chi connectivity index (χ0) is 13.4. The maximum atomic E-state index is 11.2. The summed E-state index contributed by atoms with van der Waals surface area (Å²) in [6.07, 6.45) is 0.992. The molecule has 0 bridgehead atoms. The maximum absolute atomic E-state index is 11.2.